The highest BCUT2D eigenvalue weighted by atomic mass is 19.1. The molecule has 0 radical (unpaired) electrons. The van der Waals surface area contributed by atoms with E-state index >= 15 is 0 Å². The van der Waals surface area contributed by atoms with Crippen LogP contribution in [0.4, 0.5) is 4.39 Å². The lowest BCUT2D eigenvalue weighted by Gasteiger charge is -2.38. The van der Waals surface area contributed by atoms with Gasteiger partial charge in [-0.1, -0.05) is 24.3 Å². The average molecular weight is 517 g/mol. The van der Waals surface area contributed by atoms with Gasteiger partial charge in [-0.05, 0) is 80.1 Å². The third-order valence-electron chi connectivity index (χ3n) is 8.05. The molecule has 6 rings (SSSR count). The molecular formula is C29H33FN6O2. The van der Waals surface area contributed by atoms with Crippen molar-refractivity contribution in [1.82, 2.24) is 29.5 Å². The molecule has 9 heteroatoms. The predicted octanol–water partition coefficient (Wildman–Crippen LogP) is 3.22. The highest BCUT2D eigenvalue weighted by Gasteiger charge is 2.33. The largest absolute Gasteiger partial charge is 0.388 e. The van der Waals surface area contributed by atoms with E-state index in [2.05, 4.69) is 32.4 Å². The Kier molecular flexibility index (Phi) is 6.82. The van der Waals surface area contributed by atoms with E-state index < -0.39 is 5.60 Å². The van der Waals surface area contributed by atoms with Crippen LogP contribution < -0.4 is 10.9 Å². The Hall–Kier alpha value is -3.40. The zero-order chi connectivity index (χ0) is 26.1. The van der Waals surface area contributed by atoms with Crippen molar-refractivity contribution in [1.29, 1.82) is 0 Å². The fourth-order valence-electron chi connectivity index (χ4n) is 5.77. The van der Waals surface area contributed by atoms with Crippen molar-refractivity contribution in [3.8, 4) is 5.69 Å². The van der Waals surface area contributed by atoms with Crippen LogP contribution >= 0.6 is 0 Å². The molecule has 2 fully saturated rings. The van der Waals surface area contributed by atoms with E-state index in [1.165, 1.54) is 28.6 Å². The molecule has 0 bridgehead atoms. The molecule has 2 aromatic carbocycles. The van der Waals surface area contributed by atoms with Gasteiger partial charge in [0.1, 0.15) is 17.5 Å². The molecule has 0 atom stereocenters. The summed E-state index contributed by atoms with van der Waals surface area (Å²) in [4.78, 5) is 20.2. The number of rotatable bonds is 6. The monoisotopic (exact) mass is 516 g/mol. The first-order valence-corrected chi connectivity index (χ1v) is 13.4. The first-order valence-electron chi connectivity index (χ1n) is 13.4. The van der Waals surface area contributed by atoms with E-state index in [1.54, 1.807) is 23.0 Å². The molecule has 4 heterocycles. The lowest BCUT2D eigenvalue weighted by atomic mass is 9.90. The molecule has 0 amide bonds. The molecule has 0 unspecified atom stereocenters. The molecular weight excluding hydrogens is 483 g/mol. The van der Waals surface area contributed by atoms with Crippen LogP contribution in [-0.2, 0) is 13.1 Å². The third-order valence-corrected chi connectivity index (χ3v) is 8.05. The van der Waals surface area contributed by atoms with Crippen molar-refractivity contribution in [2.24, 2.45) is 0 Å². The minimum absolute atomic E-state index is 0.190. The summed E-state index contributed by atoms with van der Waals surface area (Å²) < 4.78 is 16.4. The summed E-state index contributed by atoms with van der Waals surface area (Å²) in [6.07, 6.45) is 6.41. The quantitative estimate of drug-likeness (QED) is 0.409. The average Bonchev–Trinajstić information content (AvgIpc) is 3.39. The van der Waals surface area contributed by atoms with Gasteiger partial charge < -0.3 is 10.4 Å². The van der Waals surface area contributed by atoms with E-state index in [9.17, 15) is 14.3 Å². The topological polar surface area (TPSA) is 88.2 Å². The number of likely N-dealkylation sites (tertiary alicyclic amines) is 1. The SMILES string of the molecule is O=c1c2cnn(-c3cccc(C4CCNCC4)c3)c2ncn1CC1(O)CCN(Cc2ccc(F)cc2)CC1. The number of halogens is 1. The Bertz CT molecular complexity index is 1470. The summed E-state index contributed by atoms with van der Waals surface area (Å²) in [6, 6.07) is 14.9. The molecule has 0 saturated carbocycles. The third kappa shape index (κ3) is 5.14. The van der Waals surface area contributed by atoms with Gasteiger partial charge in [0, 0.05) is 19.6 Å². The first kappa shape index (κ1) is 24.9. The van der Waals surface area contributed by atoms with Crippen LogP contribution in [0.25, 0.3) is 16.7 Å². The number of nitrogens with zero attached hydrogens (tertiary/aromatic N) is 5. The van der Waals surface area contributed by atoms with Gasteiger partial charge in [-0.2, -0.15) is 5.10 Å². The number of fused-ring (bicyclic) bond motifs is 1. The number of hydrogen-bond donors (Lipinski definition) is 2. The van der Waals surface area contributed by atoms with Gasteiger partial charge in [-0.25, -0.2) is 14.1 Å². The van der Waals surface area contributed by atoms with E-state index in [1.807, 2.05) is 12.1 Å². The Morgan fingerprint density at radius 3 is 2.61 bits per heavy atom. The number of nitrogens with one attached hydrogen (secondary N) is 1. The van der Waals surface area contributed by atoms with E-state index in [4.69, 9.17) is 0 Å². The summed E-state index contributed by atoms with van der Waals surface area (Å²) >= 11 is 0. The van der Waals surface area contributed by atoms with Crippen LogP contribution in [0, 0.1) is 5.82 Å². The van der Waals surface area contributed by atoms with Crippen LogP contribution in [0.2, 0.25) is 0 Å². The number of benzene rings is 2. The molecule has 4 aromatic rings. The van der Waals surface area contributed by atoms with Gasteiger partial charge in [0.25, 0.3) is 5.56 Å². The van der Waals surface area contributed by atoms with Gasteiger partial charge in [0.2, 0.25) is 0 Å². The minimum Gasteiger partial charge on any atom is -0.388 e. The van der Waals surface area contributed by atoms with Crippen LogP contribution in [-0.4, -0.2) is 61.1 Å². The summed E-state index contributed by atoms with van der Waals surface area (Å²) in [7, 11) is 0. The maximum atomic E-state index is 13.3. The van der Waals surface area contributed by atoms with Crippen LogP contribution in [0.15, 0.2) is 65.8 Å². The maximum absolute atomic E-state index is 13.3. The van der Waals surface area contributed by atoms with Gasteiger partial charge in [0.05, 0.1) is 24.0 Å². The molecule has 198 valence electrons. The normalized spacial score (nSPS) is 18.7. The van der Waals surface area contributed by atoms with Crippen molar-refractivity contribution in [2.75, 3.05) is 26.2 Å². The lowest BCUT2D eigenvalue weighted by molar-refractivity contribution is -0.0364. The molecule has 0 aliphatic carbocycles. The molecule has 2 aliphatic rings. The number of aliphatic hydroxyl groups is 1. The first-order chi connectivity index (χ1) is 18.5. The zero-order valence-corrected chi connectivity index (χ0v) is 21.4. The molecule has 8 nitrogen and oxygen atoms in total. The van der Waals surface area contributed by atoms with Crippen LogP contribution in [0.5, 0.6) is 0 Å². The fraction of sp³-hybridized carbons (Fsp3) is 0.414. The van der Waals surface area contributed by atoms with E-state index in [-0.39, 0.29) is 17.9 Å². The summed E-state index contributed by atoms with van der Waals surface area (Å²) in [5.41, 5.74) is 2.56. The number of hydrogen-bond acceptors (Lipinski definition) is 6. The van der Waals surface area contributed by atoms with Crippen LogP contribution in [0.1, 0.15) is 42.7 Å². The smallest absolute Gasteiger partial charge is 0.264 e. The van der Waals surface area contributed by atoms with Crippen molar-refractivity contribution in [3.63, 3.8) is 0 Å². The van der Waals surface area contributed by atoms with Crippen molar-refractivity contribution in [3.05, 3.63) is 88.4 Å². The van der Waals surface area contributed by atoms with Crippen molar-refractivity contribution >= 4 is 11.0 Å². The highest BCUT2D eigenvalue weighted by Crippen LogP contribution is 2.28. The number of piperidine rings is 2. The van der Waals surface area contributed by atoms with Gasteiger partial charge in [0.15, 0.2) is 5.65 Å². The second-order valence-electron chi connectivity index (χ2n) is 10.7. The zero-order valence-electron chi connectivity index (χ0n) is 21.4. The standard InChI is InChI=1S/C29H33FN6O2/c30-24-6-4-21(5-7-24)18-34-14-10-29(38,11-15-34)19-35-20-32-27-26(28(35)37)17-33-36(27)25-3-1-2-23(16-25)22-8-12-31-13-9-22/h1-7,16-17,20,22,31,38H,8-15,18-19H2. The van der Waals surface area contributed by atoms with E-state index in [0.717, 1.165) is 37.2 Å². The Morgan fingerprint density at radius 2 is 1.84 bits per heavy atom. The Morgan fingerprint density at radius 1 is 1.08 bits per heavy atom. The van der Waals surface area contributed by atoms with Crippen molar-refractivity contribution in [2.45, 2.75) is 50.3 Å². The number of aromatic nitrogens is 4. The summed E-state index contributed by atoms with van der Waals surface area (Å²) in [5.74, 6) is 0.278. The molecule has 2 saturated heterocycles. The second-order valence-corrected chi connectivity index (χ2v) is 10.7. The van der Waals surface area contributed by atoms with Crippen LogP contribution in [0.3, 0.4) is 0 Å². The molecule has 2 aliphatic heterocycles. The van der Waals surface area contributed by atoms with Gasteiger partial charge >= 0.3 is 0 Å². The molecule has 2 aromatic heterocycles. The lowest BCUT2D eigenvalue weighted by Crippen LogP contribution is -2.47. The second kappa shape index (κ2) is 10.4. The predicted molar refractivity (Wildman–Crippen MR) is 144 cm³/mol. The minimum atomic E-state index is -0.988. The van der Waals surface area contributed by atoms with Gasteiger partial charge in [-0.3, -0.25) is 14.3 Å². The molecule has 38 heavy (non-hydrogen) atoms. The summed E-state index contributed by atoms with van der Waals surface area (Å²) in [6.45, 7) is 4.35. The molecule has 2 N–H and O–H groups in total. The Labute approximate surface area is 220 Å². The summed E-state index contributed by atoms with van der Waals surface area (Å²) in [5, 5.41) is 19.7. The Balaban J connectivity index is 1.17. The van der Waals surface area contributed by atoms with Crippen molar-refractivity contribution < 1.29 is 9.50 Å². The molecule has 0 spiro atoms. The van der Waals surface area contributed by atoms with E-state index in [0.29, 0.717) is 49.4 Å². The van der Waals surface area contributed by atoms with Gasteiger partial charge in [-0.15, -0.1) is 0 Å². The maximum Gasteiger partial charge on any atom is 0.264 e. The highest BCUT2D eigenvalue weighted by molar-refractivity contribution is 5.75. The fourth-order valence-corrected chi connectivity index (χ4v) is 5.77.